The van der Waals surface area contributed by atoms with Gasteiger partial charge in [-0.3, -0.25) is 4.79 Å². The minimum absolute atomic E-state index is 0.0275. The second-order valence-electron chi connectivity index (χ2n) is 6.65. The fourth-order valence-electron chi connectivity index (χ4n) is 2.76. The van der Waals surface area contributed by atoms with Crippen molar-refractivity contribution in [1.29, 1.82) is 0 Å². The van der Waals surface area contributed by atoms with Gasteiger partial charge < -0.3 is 14.6 Å². The summed E-state index contributed by atoms with van der Waals surface area (Å²) in [5.74, 6) is 0.348. The number of rotatable bonds is 10. The van der Waals surface area contributed by atoms with E-state index in [1.54, 1.807) is 12.1 Å². The molecule has 0 fully saturated rings. The van der Waals surface area contributed by atoms with Gasteiger partial charge >= 0.3 is 0 Å². The molecule has 6 nitrogen and oxygen atoms in total. The maximum atomic E-state index is 13.0. The SMILES string of the molecule is CC(OCCCNC(=O)CCc1nc(-c2ccc(F)cc2)no1)c1ccccc1. The number of aryl methyl sites for hydroxylation is 1. The van der Waals surface area contributed by atoms with Crippen LogP contribution in [0.3, 0.4) is 0 Å². The Morgan fingerprint density at radius 2 is 1.93 bits per heavy atom. The number of nitrogens with zero attached hydrogens (tertiary/aromatic N) is 2. The number of nitrogens with one attached hydrogen (secondary N) is 1. The van der Waals surface area contributed by atoms with Gasteiger partial charge in [-0.2, -0.15) is 4.98 Å². The summed E-state index contributed by atoms with van der Waals surface area (Å²) in [6, 6.07) is 15.9. The lowest BCUT2D eigenvalue weighted by Crippen LogP contribution is -2.25. The summed E-state index contributed by atoms with van der Waals surface area (Å²) < 4.78 is 23.9. The second-order valence-corrected chi connectivity index (χ2v) is 6.65. The van der Waals surface area contributed by atoms with Crippen LogP contribution in [0.15, 0.2) is 59.1 Å². The summed E-state index contributed by atoms with van der Waals surface area (Å²) in [4.78, 5) is 16.2. The Hall–Kier alpha value is -3.06. The maximum absolute atomic E-state index is 13.0. The van der Waals surface area contributed by atoms with Crippen molar-refractivity contribution in [2.75, 3.05) is 13.2 Å². The number of carbonyl (C=O) groups is 1. The Kier molecular flexibility index (Phi) is 7.47. The first-order valence-corrected chi connectivity index (χ1v) is 9.63. The van der Waals surface area contributed by atoms with Crippen LogP contribution in [0.4, 0.5) is 4.39 Å². The van der Waals surface area contributed by atoms with Crippen LogP contribution < -0.4 is 5.32 Å². The Bertz CT molecular complexity index is 897. The Balaban J connectivity index is 1.32. The Morgan fingerprint density at radius 3 is 2.69 bits per heavy atom. The zero-order chi connectivity index (χ0) is 20.5. The molecule has 3 rings (SSSR count). The van der Waals surface area contributed by atoms with E-state index in [1.807, 2.05) is 37.3 Å². The molecule has 3 aromatic rings. The third-order valence-corrected chi connectivity index (χ3v) is 4.42. The van der Waals surface area contributed by atoms with E-state index in [-0.39, 0.29) is 24.2 Å². The quantitative estimate of drug-likeness (QED) is 0.522. The standard InChI is InChI=1S/C22H24FN3O3/c1-16(17-6-3-2-4-7-17)28-15-5-14-24-20(27)12-13-21-25-22(26-29-21)18-8-10-19(23)11-9-18/h2-4,6-11,16H,5,12-15H2,1H3,(H,24,27). The average Bonchev–Trinajstić information content (AvgIpc) is 3.22. The smallest absolute Gasteiger partial charge is 0.227 e. The van der Waals surface area contributed by atoms with Gasteiger partial charge in [-0.1, -0.05) is 35.5 Å². The third kappa shape index (κ3) is 6.50. The Labute approximate surface area is 169 Å². The number of halogens is 1. The number of ether oxygens (including phenoxy) is 1. The van der Waals surface area contributed by atoms with E-state index in [9.17, 15) is 9.18 Å². The van der Waals surface area contributed by atoms with Crippen LogP contribution in [-0.2, 0) is 16.0 Å². The zero-order valence-electron chi connectivity index (χ0n) is 16.3. The molecule has 1 heterocycles. The molecule has 0 radical (unpaired) electrons. The topological polar surface area (TPSA) is 77.2 Å². The lowest BCUT2D eigenvalue weighted by atomic mass is 10.1. The van der Waals surface area contributed by atoms with E-state index in [1.165, 1.54) is 12.1 Å². The molecule has 1 atom stereocenters. The lowest BCUT2D eigenvalue weighted by molar-refractivity contribution is -0.121. The number of hydrogen-bond acceptors (Lipinski definition) is 5. The van der Waals surface area contributed by atoms with Crippen LogP contribution in [0.2, 0.25) is 0 Å². The summed E-state index contributed by atoms with van der Waals surface area (Å²) in [5.41, 5.74) is 1.80. The monoisotopic (exact) mass is 397 g/mol. The Morgan fingerprint density at radius 1 is 1.17 bits per heavy atom. The van der Waals surface area contributed by atoms with Crippen molar-refractivity contribution in [2.45, 2.75) is 32.3 Å². The molecule has 2 aromatic carbocycles. The normalized spacial score (nSPS) is 11.9. The van der Waals surface area contributed by atoms with E-state index < -0.39 is 0 Å². The minimum Gasteiger partial charge on any atom is -0.374 e. The van der Waals surface area contributed by atoms with Gasteiger partial charge in [0.25, 0.3) is 0 Å². The van der Waals surface area contributed by atoms with Crippen molar-refractivity contribution < 1.29 is 18.4 Å². The molecule has 1 aromatic heterocycles. The number of benzene rings is 2. The van der Waals surface area contributed by atoms with Crippen molar-refractivity contribution in [3.63, 3.8) is 0 Å². The highest BCUT2D eigenvalue weighted by Crippen LogP contribution is 2.17. The van der Waals surface area contributed by atoms with Gasteiger partial charge in [0.05, 0.1) is 6.10 Å². The zero-order valence-corrected chi connectivity index (χ0v) is 16.3. The molecular formula is C22H24FN3O3. The molecule has 0 aliphatic heterocycles. The number of hydrogen-bond donors (Lipinski definition) is 1. The van der Waals surface area contributed by atoms with Crippen molar-refractivity contribution in [2.24, 2.45) is 0 Å². The van der Waals surface area contributed by atoms with Gasteiger partial charge in [0, 0.05) is 31.6 Å². The summed E-state index contributed by atoms with van der Waals surface area (Å²) in [6.45, 7) is 3.13. The fourth-order valence-corrected chi connectivity index (χ4v) is 2.76. The predicted octanol–water partition coefficient (Wildman–Crippen LogP) is 4.09. The highest BCUT2D eigenvalue weighted by molar-refractivity contribution is 5.75. The van der Waals surface area contributed by atoms with Crippen molar-refractivity contribution in [3.05, 3.63) is 71.9 Å². The molecule has 7 heteroatoms. The molecule has 0 spiro atoms. The average molecular weight is 397 g/mol. The molecule has 1 unspecified atom stereocenters. The first-order valence-electron chi connectivity index (χ1n) is 9.63. The molecule has 152 valence electrons. The minimum atomic E-state index is -0.325. The third-order valence-electron chi connectivity index (χ3n) is 4.42. The predicted molar refractivity (Wildman–Crippen MR) is 106 cm³/mol. The largest absolute Gasteiger partial charge is 0.374 e. The summed E-state index contributed by atoms with van der Waals surface area (Å²) >= 11 is 0. The van der Waals surface area contributed by atoms with Gasteiger partial charge in [-0.25, -0.2) is 4.39 Å². The van der Waals surface area contributed by atoms with Gasteiger partial charge in [0.2, 0.25) is 17.6 Å². The van der Waals surface area contributed by atoms with Gasteiger partial charge in [0.15, 0.2) is 0 Å². The first-order chi connectivity index (χ1) is 14.1. The summed E-state index contributed by atoms with van der Waals surface area (Å²) in [6.07, 6.45) is 1.37. The van der Waals surface area contributed by atoms with E-state index in [0.29, 0.717) is 36.9 Å². The van der Waals surface area contributed by atoms with E-state index >= 15 is 0 Å². The van der Waals surface area contributed by atoms with Crippen molar-refractivity contribution >= 4 is 5.91 Å². The molecule has 29 heavy (non-hydrogen) atoms. The van der Waals surface area contributed by atoms with Crippen LogP contribution in [0.5, 0.6) is 0 Å². The fraction of sp³-hybridized carbons (Fsp3) is 0.318. The highest BCUT2D eigenvalue weighted by atomic mass is 19.1. The molecule has 0 aliphatic rings. The molecule has 0 saturated carbocycles. The number of aromatic nitrogens is 2. The molecule has 1 amide bonds. The first kappa shape index (κ1) is 20.7. The number of amides is 1. The second kappa shape index (κ2) is 10.5. The van der Waals surface area contributed by atoms with Crippen molar-refractivity contribution in [1.82, 2.24) is 15.5 Å². The molecule has 0 bridgehead atoms. The maximum Gasteiger partial charge on any atom is 0.227 e. The lowest BCUT2D eigenvalue weighted by Gasteiger charge is -2.13. The van der Waals surface area contributed by atoms with Gasteiger partial charge in [-0.15, -0.1) is 0 Å². The van der Waals surface area contributed by atoms with Gasteiger partial charge in [-0.05, 0) is 43.2 Å². The molecule has 1 N–H and O–H groups in total. The van der Waals surface area contributed by atoms with E-state index in [4.69, 9.17) is 9.26 Å². The van der Waals surface area contributed by atoms with Gasteiger partial charge in [0.1, 0.15) is 5.82 Å². The van der Waals surface area contributed by atoms with Crippen LogP contribution in [0.1, 0.15) is 37.3 Å². The van der Waals surface area contributed by atoms with Crippen LogP contribution >= 0.6 is 0 Å². The molecular weight excluding hydrogens is 373 g/mol. The highest BCUT2D eigenvalue weighted by Gasteiger charge is 2.11. The van der Waals surface area contributed by atoms with Crippen LogP contribution in [0, 0.1) is 5.82 Å². The van der Waals surface area contributed by atoms with Crippen molar-refractivity contribution in [3.8, 4) is 11.4 Å². The van der Waals surface area contributed by atoms with Crippen LogP contribution in [0.25, 0.3) is 11.4 Å². The molecule has 0 saturated heterocycles. The summed E-state index contributed by atoms with van der Waals surface area (Å²) in [5, 5.41) is 6.73. The van der Waals surface area contributed by atoms with E-state index in [2.05, 4.69) is 15.5 Å². The summed E-state index contributed by atoms with van der Waals surface area (Å²) in [7, 11) is 0. The van der Waals surface area contributed by atoms with Crippen LogP contribution in [-0.4, -0.2) is 29.2 Å². The molecule has 0 aliphatic carbocycles. The van der Waals surface area contributed by atoms with E-state index in [0.717, 1.165) is 12.0 Å². The number of carbonyl (C=O) groups excluding carboxylic acids is 1.